The number of rotatable bonds is 10. The Bertz CT molecular complexity index is 866. The normalized spacial score (nSPS) is 15.6. The van der Waals surface area contributed by atoms with Gasteiger partial charge in [0.25, 0.3) is 0 Å². The third kappa shape index (κ3) is 7.17. The second-order valence-corrected chi connectivity index (χ2v) is 59.9. The fourth-order valence-electron chi connectivity index (χ4n) is 10.5. The molecule has 0 amide bonds. The zero-order valence-corrected chi connectivity index (χ0v) is 37.7. The van der Waals surface area contributed by atoms with Crippen molar-refractivity contribution >= 4 is 69.1 Å². The van der Waals surface area contributed by atoms with Crippen molar-refractivity contribution < 1.29 is 0 Å². The summed E-state index contributed by atoms with van der Waals surface area (Å²) in [5.74, 6) is 0. The number of benzene rings is 1. The van der Waals surface area contributed by atoms with Gasteiger partial charge in [-0.1, -0.05) is 150 Å². The molecular formula is C30H68SSi7. The maximum absolute atomic E-state index is 5.60. The smallest absolute Gasteiger partial charge is 0.0499 e. The minimum absolute atomic E-state index is 0.394. The molecule has 0 saturated carbocycles. The van der Waals surface area contributed by atoms with E-state index in [-0.39, 0.29) is 0 Å². The molecule has 1 rings (SSSR count). The van der Waals surface area contributed by atoms with Crippen LogP contribution in [0.2, 0.25) is 137 Å². The summed E-state index contributed by atoms with van der Waals surface area (Å²) < 4.78 is 0.394. The first-order valence-corrected chi connectivity index (χ1v) is 40.4. The molecule has 0 N–H and O–H groups in total. The standard InChI is InChI=1S/C30H68SSi7/c1-32(2,3)28(33(4,5)6)25-22-24(30(36(13,14)15,37(16,17)18)38(19,20)21)23-26(27(25)31)29(34(7,8)9)35(10,11)12/h22-23,28-29,31H,1-21H3. The van der Waals surface area contributed by atoms with E-state index in [4.69, 9.17) is 12.6 Å². The van der Waals surface area contributed by atoms with E-state index in [2.05, 4.69) is 150 Å². The van der Waals surface area contributed by atoms with Crippen LogP contribution in [-0.2, 0) is 4.28 Å². The van der Waals surface area contributed by atoms with Gasteiger partial charge < -0.3 is 0 Å². The van der Waals surface area contributed by atoms with Gasteiger partial charge in [0.05, 0.1) is 0 Å². The van der Waals surface area contributed by atoms with E-state index >= 15 is 0 Å². The molecule has 222 valence electrons. The molecule has 1 aromatic rings. The average molecular weight is 658 g/mol. The predicted octanol–water partition coefficient (Wildman–Crippen LogP) is 11.5. The van der Waals surface area contributed by atoms with E-state index in [1.807, 2.05) is 0 Å². The van der Waals surface area contributed by atoms with Crippen molar-refractivity contribution in [1.29, 1.82) is 0 Å². The molecule has 0 bridgehead atoms. The van der Waals surface area contributed by atoms with Crippen molar-refractivity contribution in [3.05, 3.63) is 28.8 Å². The van der Waals surface area contributed by atoms with Crippen LogP contribution in [-0.4, -0.2) is 56.5 Å². The maximum atomic E-state index is 5.60. The molecule has 0 fully saturated rings. The summed E-state index contributed by atoms with van der Waals surface area (Å²) in [6.45, 7) is 56.0. The number of hydrogen-bond donors (Lipinski definition) is 1. The Morgan fingerprint density at radius 3 is 0.816 bits per heavy atom. The van der Waals surface area contributed by atoms with Crippen LogP contribution in [0.3, 0.4) is 0 Å². The second-order valence-electron chi connectivity index (χ2n) is 19.8. The third-order valence-electron chi connectivity index (χ3n) is 9.06. The summed E-state index contributed by atoms with van der Waals surface area (Å²) in [5.41, 5.74) is 5.10. The lowest BCUT2D eigenvalue weighted by Gasteiger charge is -2.60. The van der Waals surface area contributed by atoms with Gasteiger partial charge in [-0.15, -0.1) is 12.6 Å². The lowest BCUT2D eigenvalue weighted by Crippen LogP contribution is -2.74. The molecule has 0 aliphatic heterocycles. The van der Waals surface area contributed by atoms with Crippen molar-refractivity contribution in [2.24, 2.45) is 0 Å². The first-order valence-electron chi connectivity index (χ1n) is 15.1. The summed E-state index contributed by atoms with van der Waals surface area (Å²) in [5, 5.41) is 1.43. The Morgan fingerprint density at radius 2 is 0.658 bits per heavy atom. The molecule has 0 aliphatic rings. The molecule has 0 unspecified atom stereocenters. The fourth-order valence-corrected chi connectivity index (χ4v) is 66.8. The Morgan fingerprint density at radius 1 is 0.447 bits per heavy atom. The monoisotopic (exact) mass is 656 g/mol. The molecule has 0 nitrogen and oxygen atoms in total. The van der Waals surface area contributed by atoms with E-state index in [0.717, 1.165) is 0 Å². The maximum Gasteiger partial charge on any atom is 0.0499 e. The van der Waals surface area contributed by atoms with Gasteiger partial charge in [0, 0.05) is 61.4 Å². The Labute approximate surface area is 253 Å². The second kappa shape index (κ2) is 11.0. The van der Waals surface area contributed by atoms with E-state index < -0.39 is 56.5 Å². The van der Waals surface area contributed by atoms with Gasteiger partial charge in [0.2, 0.25) is 0 Å². The van der Waals surface area contributed by atoms with Crippen LogP contribution in [0.1, 0.15) is 27.0 Å². The molecule has 0 saturated heterocycles. The van der Waals surface area contributed by atoms with Gasteiger partial charge in [0.15, 0.2) is 0 Å². The molecule has 8 heteroatoms. The van der Waals surface area contributed by atoms with Crippen molar-refractivity contribution in [3.63, 3.8) is 0 Å². The topological polar surface area (TPSA) is 0 Å². The van der Waals surface area contributed by atoms with Gasteiger partial charge in [-0.2, -0.15) is 0 Å². The minimum atomic E-state index is -1.62. The first kappa shape index (κ1) is 37.1. The zero-order valence-electron chi connectivity index (χ0n) is 29.8. The minimum Gasteiger partial charge on any atom is -0.143 e. The van der Waals surface area contributed by atoms with Crippen molar-refractivity contribution in [3.8, 4) is 0 Å². The van der Waals surface area contributed by atoms with Crippen LogP contribution in [0.25, 0.3) is 0 Å². The van der Waals surface area contributed by atoms with Crippen LogP contribution >= 0.6 is 12.6 Å². The number of hydrogen-bond acceptors (Lipinski definition) is 1. The van der Waals surface area contributed by atoms with E-state index in [0.29, 0.717) is 14.6 Å². The van der Waals surface area contributed by atoms with E-state index in [1.165, 1.54) is 4.90 Å². The van der Waals surface area contributed by atoms with Gasteiger partial charge >= 0.3 is 0 Å². The molecule has 0 radical (unpaired) electrons. The lowest BCUT2D eigenvalue weighted by molar-refractivity contribution is 0.965. The van der Waals surface area contributed by atoms with E-state index in [1.54, 1.807) is 16.7 Å². The van der Waals surface area contributed by atoms with Gasteiger partial charge in [-0.05, 0) is 31.3 Å². The van der Waals surface area contributed by atoms with Crippen molar-refractivity contribution in [1.82, 2.24) is 0 Å². The number of thiol groups is 1. The summed E-state index contributed by atoms with van der Waals surface area (Å²) in [6, 6.07) is 5.63. The van der Waals surface area contributed by atoms with Crippen molar-refractivity contribution in [2.45, 2.75) is 157 Å². The van der Waals surface area contributed by atoms with E-state index in [9.17, 15) is 0 Å². The first-order chi connectivity index (χ1) is 16.2. The summed E-state index contributed by atoms with van der Waals surface area (Å²) in [7, 11) is -10.8. The molecular weight excluding hydrogens is 589 g/mol. The SMILES string of the molecule is C[Si](C)(C)C(c1cc(C([Si](C)(C)C)([Si](C)(C)C)[Si](C)(C)C)cc(C([Si](C)(C)C)[Si](C)(C)C)c1S)[Si](C)(C)C. The molecule has 1 aromatic carbocycles. The Kier molecular flexibility index (Phi) is 10.7. The van der Waals surface area contributed by atoms with Crippen LogP contribution in [0.15, 0.2) is 17.0 Å². The van der Waals surface area contributed by atoms with Crippen LogP contribution in [0.5, 0.6) is 0 Å². The molecule has 0 aliphatic carbocycles. The van der Waals surface area contributed by atoms with Crippen LogP contribution in [0.4, 0.5) is 0 Å². The van der Waals surface area contributed by atoms with Gasteiger partial charge in [-0.25, -0.2) is 0 Å². The van der Waals surface area contributed by atoms with Crippen molar-refractivity contribution in [2.75, 3.05) is 0 Å². The van der Waals surface area contributed by atoms with Crippen LogP contribution in [0, 0.1) is 0 Å². The lowest BCUT2D eigenvalue weighted by atomic mass is 10.1. The fraction of sp³-hybridized carbons (Fsp3) is 0.800. The predicted molar refractivity (Wildman–Crippen MR) is 204 cm³/mol. The average Bonchev–Trinajstić information content (AvgIpc) is 2.49. The quantitative estimate of drug-likeness (QED) is 0.188. The molecule has 0 spiro atoms. The molecule has 0 heterocycles. The summed E-state index contributed by atoms with van der Waals surface area (Å²) in [6.07, 6.45) is 0. The third-order valence-corrected chi connectivity index (χ3v) is 49.3. The highest BCUT2D eigenvalue weighted by Gasteiger charge is 2.61. The highest BCUT2D eigenvalue weighted by molar-refractivity contribution is 7.80. The summed E-state index contributed by atoms with van der Waals surface area (Å²) in [4.78, 5) is 1.40. The Balaban J connectivity index is 4.70. The molecule has 0 atom stereocenters. The Hall–Kier alpha value is 1.09. The van der Waals surface area contributed by atoms with Gasteiger partial charge in [-0.3, -0.25) is 0 Å². The van der Waals surface area contributed by atoms with Gasteiger partial charge in [0.1, 0.15) is 0 Å². The largest absolute Gasteiger partial charge is 0.143 e. The molecule has 38 heavy (non-hydrogen) atoms. The highest BCUT2D eigenvalue weighted by Crippen LogP contribution is 2.53. The van der Waals surface area contributed by atoms with Crippen LogP contribution < -0.4 is 0 Å². The molecule has 0 aromatic heterocycles. The summed E-state index contributed by atoms with van der Waals surface area (Å²) >= 11 is 5.60. The zero-order chi connectivity index (χ0) is 30.9. The highest BCUT2D eigenvalue weighted by atomic mass is 32.1.